The lowest BCUT2D eigenvalue weighted by atomic mass is 10.1. The van der Waals surface area contributed by atoms with E-state index in [2.05, 4.69) is 0 Å². The van der Waals surface area contributed by atoms with Crippen molar-refractivity contribution in [3.63, 3.8) is 0 Å². The first kappa shape index (κ1) is 14.1. The van der Waals surface area contributed by atoms with Gasteiger partial charge in [-0.2, -0.15) is 0 Å². The van der Waals surface area contributed by atoms with Gasteiger partial charge in [-0.05, 0) is 36.8 Å². The first-order valence-corrected chi connectivity index (χ1v) is 7.03. The Morgan fingerprint density at radius 2 is 1.82 bits per heavy atom. The van der Waals surface area contributed by atoms with E-state index >= 15 is 0 Å². The summed E-state index contributed by atoms with van der Waals surface area (Å²) in [6.07, 6.45) is 3.76. The highest BCUT2D eigenvalue weighted by atomic mass is 16.5. The first-order valence-electron chi connectivity index (χ1n) is 7.03. The lowest BCUT2D eigenvalue weighted by Crippen LogP contribution is -2.07. The standard InChI is InChI=1S/C19H16O3/c1-13-17(10-8-14-6-4-3-5-7-14)22-18-11-9-15(21-2)12-16(18)19(13)20/h3-12H,1-2H3/b10-8+. The highest BCUT2D eigenvalue weighted by Gasteiger charge is 2.09. The second-order valence-corrected chi connectivity index (χ2v) is 5.03. The van der Waals surface area contributed by atoms with Crippen molar-refractivity contribution in [2.75, 3.05) is 7.11 Å². The van der Waals surface area contributed by atoms with Gasteiger partial charge in [0.05, 0.1) is 12.5 Å². The Morgan fingerprint density at radius 3 is 2.55 bits per heavy atom. The van der Waals surface area contributed by atoms with Gasteiger partial charge < -0.3 is 9.15 Å². The number of hydrogen-bond acceptors (Lipinski definition) is 3. The fourth-order valence-corrected chi connectivity index (χ4v) is 2.31. The molecular formula is C19H16O3. The molecule has 0 aliphatic carbocycles. The molecule has 3 heteroatoms. The van der Waals surface area contributed by atoms with Gasteiger partial charge in [0.25, 0.3) is 0 Å². The lowest BCUT2D eigenvalue weighted by Gasteiger charge is -2.05. The third-order valence-electron chi connectivity index (χ3n) is 3.59. The Morgan fingerprint density at radius 1 is 1.05 bits per heavy atom. The molecule has 0 N–H and O–H groups in total. The molecule has 0 fully saturated rings. The summed E-state index contributed by atoms with van der Waals surface area (Å²) in [6, 6.07) is 15.1. The van der Waals surface area contributed by atoms with Gasteiger partial charge in [0, 0.05) is 5.56 Å². The van der Waals surface area contributed by atoms with E-state index in [1.54, 1.807) is 32.2 Å². The quantitative estimate of drug-likeness (QED) is 0.723. The number of methoxy groups -OCH3 is 1. The van der Waals surface area contributed by atoms with Crippen LogP contribution in [0.1, 0.15) is 16.9 Å². The average molecular weight is 292 g/mol. The van der Waals surface area contributed by atoms with E-state index in [1.807, 2.05) is 42.5 Å². The van der Waals surface area contributed by atoms with E-state index in [4.69, 9.17) is 9.15 Å². The molecule has 0 radical (unpaired) electrons. The Balaban J connectivity index is 2.10. The monoisotopic (exact) mass is 292 g/mol. The van der Waals surface area contributed by atoms with Crippen LogP contribution in [-0.2, 0) is 0 Å². The molecule has 2 aromatic carbocycles. The van der Waals surface area contributed by atoms with Crippen molar-refractivity contribution in [2.24, 2.45) is 0 Å². The van der Waals surface area contributed by atoms with Crippen LogP contribution < -0.4 is 10.2 Å². The van der Waals surface area contributed by atoms with Gasteiger partial charge >= 0.3 is 0 Å². The van der Waals surface area contributed by atoms with E-state index in [1.165, 1.54) is 0 Å². The number of hydrogen-bond donors (Lipinski definition) is 0. The van der Waals surface area contributed by atoms with Crippen LogP contribution in [0.5, 0.6) is 5.75 Å². The fraction of sp³-hybridized carbons (Fsp3) is 0.105. The van der Waals surface area contributed by atoms with Crippen LogP contribution in [0.2, 0.25) is 0 Å². The Hall–Kier alpha value is -2.81. The normalized spacial score (nSPS) is 11.2. The summed E-state index contributed by atoms with van der Waals surface area (Å²) in [5.74, 6) is 1.22. The zero-order valence-electron chi connectivity index (χ0n) is 12.5. The largest absolute Gasteiger partial charge is 0.497 e. The van der Waals surface area contributed by atoms with Crippen molar-refractivity contribution in [3.8, 4) is 5.75 Å². The van der Waals surface area contributed by atoms with E-state index in [-0.39, 0.29) is 5.43 Å². The lowest BCUT2D eigenvalue weighted by molar-refractivity contribution is 0.415. The number of benzene rings is 2. The number of fused-ring (bicyclic) bond motifs is 1. The topological polar surface area (TPSA) is 39.4 Å². The minimum atomic E-state index is -0.0344. The summed E-state index contributed by atoms with van der Waals surface area (Å²) in [6.45, 7) is 1.77. The van der Waals surface area contributed by atoms with Gasteiger partial charge in [-0.3, -0.25) is 4.79 Å². The zero-order valence-corrected chi connectivity index (χ0v) is 12.5. The highest BCUT2D eigenvalue weighted by Crippen LogP contribution is 2.21. The van der Waals surface area contributed by atoms with Crippen molar-refractivity contribution in [2.45, 2.75) is 6.92 Å². The summed E-state index contributed by atoms with van der Waals surface area (Å²) >= 11 is 0. The molecule has 0 atom stereocenters. The average Bonchev–Trinajstić information content (AvgIpc) is 2.57. The summed E-state index contributed by atoms with van der Waals surface area (Å²) in [5.41, 5.74) is 2.17. The Kier molecular flexibility index (Phi) is 3.79. The molecule has 0 aliphatic heterocycles. The molecule has 0 spiro atoms. The molecule has 1 heterocycles. The minimum Gasteiger partial charge on any atom is -0.497 e. The highest BCUT2D eigenvalue weighted by molar-refractivity contribution is 5.81. The van der Waals surface area contributed by atoms with Crippen LogP contribution in [-0.4, -0.2) is 7.11 Å². The number of ether oxygens (including phenoxy) is 1. The van der Waals surface area contributed by atoms with Gasteiger partial charge in [-0.1, -0.05) is 36.4 Å². The van der Waals surface area contributed by atoms with Gasteiger partial charge in [-0.25, -0.2) is 0 Å². The van der Waals surface area contributed by atoms with Crippen molar-refractivity contribution in [1.82, 2.24) is 0 Å². The van der Waals surface area contributed by atoms with Gasteiger partial charge in [0.1, 0.15) is 17.1 Å². The maximum Gasteiger partial charge on any atom is 0.196 e. The van der Waals surface area contributed by atoms with Crippen LogP contribution >= 0.6 is 0 Å². The predicted molar refractivity (Wildman–Crippen MR) is 89.1 cm³/mol. The molecule has 3 rings (SSSR count). The molecule has 1 aromatic heterocycles. The molecule has 110 valence electrons. The molecule has 0 saturated heterocycles. The van der Waals surface area contributed by atoms with E-state index in [0.717, 1.165) is 5.56 Å². The third kappa shape index (κ3) is 2.66. The molecule has 0 amide bonds. The first-order chi connectivity index (χ1) is 10.7. The fourth-order valence-electron chi connectivity index (χ4n) is 2.31. The Bertz CT molecular complexity index is 890. The SMILES string of the molecule is COc1ccc2oc(/C=C/c3ccccc3)c(C)c(=O)c2c1. The van der Waals surface area contributed by atoms with Crippen LogP contribution in [0.3, 0.4) is 0 Å². The smallest absolute Gasteiger partial charge is 0.196 e. The van der Waals surface area contributed by atoms with Crippen molar-refractivity contribution in [1.29, 1.82) is 0 Å². The molecule has 22 heavy (non-hydrogen) atoms. The van der Waals surface area contributed by atoms with Gasteiger partial charge in [-0.15, -0.1) is 0 Å². The predicted octanol–water partition coefficient (Wildman–Crippen LogP) is 4.28. The summed E-state index contributed by atoms with van der Waals surface area (Å²) in [7, 11) is 1.58. The minimum absolute atomic E-state index is 0.0344. The maximum absolute atomic E-state index is 12.5. The summed E-state index contributed by atoms with van der Waals surface area (Å²) < 4.78 is 11.0. The van der Waals surface area contributed by atoms with Crippen LogP contribution in [0.15, 0.2) is 57.7 Å². The number of rotatable bonds is 3. The Labute approximate surface area is 128 Å². The van der Waals surface area contributed by atoms with E-state index in [0.29, 0.717) is 28.0 Å². The second kappa shape index (κ2) is 5.90. The van der Waals surface area contributed by atoms with Crippen LogP contribution in [0.4, 0.5) is 0 Å². The maximum atomic E-state index is 12.5. The molecule has 0 saturated carbocycles. The zero-order chi connectivity index (χ0) is 15.5. The molecule has 3 nitrogen and oxygen atoms in total. The van der Waals surface area contributed by atoms with E-state index in [9.17, 15) is 4.79 Å². The van der Waals surface area contributed by atoms with Crippen molar-refractivity contribution >= 4 is 23.1 Å². The van der Waals surface area contributed by atoms with Gasteiger partial charge in [0.2, 0.25) is 0 Å². The summed E-state index contributed by atoms with van der Waals surface area (Å²) in [5, 5.41) is 0.536. The third-order valence-corrected chi connectivity index (χ3v) is 3.59. The molecular weight excluding hydrogens is 276 g/mol. The molecule has 0 aliphatic rings. The summed E-state index contributed by atoms with van der Waals surface area (Å²) in [4.78, 5) is 12.5. The van der Waals surface area contributed by atoms with Crippen molar-refractivity contribution < 1.29 is 9.15 Å². The molecule has 3 aromatic rings. The van der Waals surface area contributed by atoms with Crippen LogP contribution in [0.25, 0.3) is 23.1 Å². The second-order valence-electron chi connectivity index (χ2n) is 5.03. The van der Waals surface area contributed by atoms with Crippen LogP contribution in [0, 0.1) is 6.92 Å². The van der Waals surface area contributed by atoms with Gasteiger partial charge in [0.15, 0.2) is 5.43 Å². The molecule has 0 unspecified atom stereocenters. The van der Waals surface area contributed by atoms with E-state index < -0.39 is 0 Å². The molecule has 0 bridgehead atoms. The van der Waals surface area contributed by atoms with Crippen molar-refractivity contribution in [3.05, 3.63) is 75.6 Å².